The van der Waals surface area contributed by atoms with Gasteiger partial charge in [-0.15, -0.1) is 0 Å². The van der Waals surface area contributed by atoms with Crippen LogP contribution in [0.1, 0.15) is 20.1 Å². The van der Waals surface area contributed by atoms with Crippen molar-refractivity contribution < 1.29 is 19.0 Å². The molecule has 4 atom stereocenters. The lowest BCUT2D eigenvalue weighted by Crippen LogP contribution is -2.33. The van der Waals surface area contributed by atoms with Gasteiger partial charge in [0.2, 0.25) is 0 Å². The van der Waals surface area contributed by atoms with Crippen LogP contribution < -0.4 is 0 Å². The molecule has 0 saturated carbocycles. The zero-order chi connectivity index (χ0) is 16.4. The zero-order valence-corrected chi connectivity index (χ0v) is 13.7. The van der Waals surface area contributed by atoms with Gasteiger partial charge < -0.3 is 14.2 Å². The summed E-state index contributed by atoms with van der Waals surface area (Å²) in [6.07, 6.45) is 0.130. The van der Waals surface area contributed by atoms with E-state index in [4.69, 9.17) is 37.4 Å². The lowest BCUT2D eigenvalue weighted by Gasteiger charge is -2.23. The Morgan fingerprint density at radius 1 is 1.26 bits per heavy atom. The lowest BCUT2D eigenvalue weighted by atomic mass is 10.1. The van der Waals surface area contributed by atoms with E-state index in [1.54, 1.807) is 18.4 Å². The number of carbonyl (C=O) groups excluding carboxylic acids is 1. The largest absolute Gasteiger partial charge is 0.341 e. The first-order valence-corrected chi connectivity index (χ1v) is 7.66. The number of fused-ring (bicyclic) bond motifs is 2. The Labute approximate surface area is 140 Å². The third-order valence-electron chi connectivity index (χ3n) is 3.84. The maximum Gasteiger partial charge on any atom is 0.253 e. The van der Waals surface area contributed by atoms with Crippen molar-refractivity contribution in [2.75, 3.05) is 0 Å². The van der Waals surface area contributed by atoms with Crippen LogP contribution in [0, 0.1) is 0 Å². The van der Waals surface area contributed by atoms with E-state index in [2.05, 4.69) is 15.0 Å². The van der Waals surface area contributed by atoms with Crippen LogP contribution in [-0.4, -0.2) is 48.9 Å². The van der Waals surface area contributed by atoms with Gasteiger partial charge in [0.25, 0.3) is 5.24 Å². The molecule has 0 N–H and O–H groups in total. The Bertz CT molecular complexity index is 795. The van der Waals surface area contributed by atoms with Crippen LogP contribution >= 0.6 is 23.2 Å². The van der Waals surface area contributed by atoms with E-state index in [9.17, 15) is 4.79 Å². The molecule has 0 radical (unpaired) electrons. The molecule has 122 valence electrons. The predicted molar refractivity (Wildman–Crippen MR) is 78.9 cm³/mol. The van der Waals surface area contributed by atoms with Crippen molar-refractivity contribution >= 4 is 39.6 Å². The molecule has 4 heterocycles. The third kappa shape index (κ3) is 2.33. The van der Waals surface area contributed by atoms with Gasteiger partial charge in [-0.1, -0.05) is 11.6 Å². The molecule has 0 bridgehead atoms. The highest BCUT2D eigenvalue weighted by molar-refractivity contribution is 6.64. The molecule has 2 aromatic heterocycles. The van der Waals surface area contributed by atoms with E-state index >= 15 is 0 Å². The van der Waals surface area contributed by atoms with Crippen molar-refractivity contribution in [2.45, 2.75) is 44.2 Å². The summed E-state index contributed by atoms with van der Waals surface area (Å²) in [6, 6.07) is 0. The van der Waals surface area contributed by atoms with Crippen molar-refractivity contribution in [1.82, 2.24) is 19.5 Å². The Morgan fingerprint density at radius 3 is 2.74 bits per heavy atom. The van der Waals surface area contributed by atoms with Gasteiger partial charge in [-0.05, 0) is 25.4 Å². The predicted octanol–water partition coefficient (Wildman–Crippen LogP) is 1.66. The Hall–Kier alpha value is -1.32. The molecule has 0 aliphatic carbocycles. The topological polar surface area (TPSA) is 88.4 Å². The van der Waals surface area contributed by atoms with Gasteiger partial charge in [-0.3, -0.25) is 9.36 Å². The smallest absolute Gasteiger partial charge is 0.253 e. The van der Waals surface area contributed by atoms with Crippen LogP contribution in [0.2, 0.25) is 5.15 Å². The molecule has 2 aliphatic heterocycles. The fraction of sp³-hybridized carbons (Fsp3) is 0.538. The fourth-order valence-electron chi connectivity index (χ4n) is 2.99. The van der Waals surface area contributed by atoms with E-state index in [1.165, 1.54) is 12.7 Å². The number of imidazole rings is 1. The molecule has 0 amide bonds. The summed E-state index contributed by atoms with van der Waals surface area (Å²) >= 11 is 11.7. The number of rotatable bonds is 2. The van der Waals surface area contributed by atoms with E-state index < -0.39 is 35.6 Å². The first-order valence-electron chi connectivity index (χ1n) is 6.91. The van der Waals surface area contributed by atoms with E-state index in [0.29, 0.717) is 11.2 Å². The van der Waals surface area contributed by atoms with Crippen molar-refractivity contribution in [3.8, 4) is 0 Å². The normalized spacial score (nSPS) is 32.3. The summed E-state index contributed by atoms with van der Waals surface area (Å²) in [7, 11) is 0. The summed E-state index contributed by atoms with van der Waals surface area (Å²) < 4.78 is 19.1. The van der Waals surface area contributed by atoms with Gasteiger partial charge in [-0.25, -0.2) is 15.0 Å². The highest BCUT2D eigenvalue weighted by atomic mass is 35.5. The molecule has 2 saturated heterocycles. The molecular formula is C13H12Cl2N4O4. The average molecular weight is 359 g/mol. The molecule has 0 unspecified atom stereocenters. The minimum absolute atomic E-state index is 0.234. The van der Waals surface area contributed by atoms with Crippen LogP contribution in [-0.2, 0) is 19.0 Å². The molecule has 0 aromatic carbocycles. The Morgan fingerprint density at radius 2 is 2.00 bits per heavy atom. The Balaban J connectivity index is 1.78. The minimum atomic E-state index is -0.928. The number of aromatic nitrogens is 4. The quantitative estimate of drug-likeness (QED) is 0.595. The minimum Gasteiger partial charge on any atom is -0.341 e. The number of hydrogen-bond donors (Lipinski definition) is 0. The lowest BCUT2D eigenvalue weighted by molar-refractivity contribution is -0.195. The van der Waals surface area contributed by atoms with E-state index in [0.717, 1.165) is 0 Å². The maximum absolute atomic E-state index is 11.7. The maximum atomic E-state index is 11.7. The summed E-state index contributed by atoms with van der Waals surface area (Å²) in [5.41, 5.74) is 0.915. The summed E-state index contributed by atoms with van der Waals surface area (Å²) in [6.45, 7) is 3.53. The highest BCUT2D eigenvalue weighted by Gasteiger charge is 2.58. The molecule has 23 heavy (non-hydrogen) atoms. The van der Waals surface area contributed by atoms with Crippen LogP contribution in [0.4, 0.5) is 0 Å². The van der Waals surface area contributed by atoms with Crippen LogP contribution in [0.5, 0.6) is 0 Å². The van der Waals surface area contributed by atoms with Gasteiger partial charge in [0.15, 0.2) is 28.9 Å². The second kappa shape index (κ2) is 5.09. The Kier molecular flexibility index (Phi) is 3.37. The molecular weight excluding hydrogens is 347 g/mol. The molecule has 0 spiro atoms. The SMILES string of the molecule is CC1(C)O[C@@H]2[C@H](O1)[C@@H](C(=O)Cl)O[C@H]2n1cnc2c(Cl)ncnc21. The fourth-order valence-corrected chi connectivity index (χ4v) is 3.35. The van der Waals surface area contributed by atoms with Gasteiger partial charge in [0.05, 0.1) is 6.33 Å². The van der Waals surface area contributed by atoms with Gasteiger partial charge in [-0.2, -0.15) is 0 Å². The first-order chi connectivity index (χ1) is 10.9. The zero-order valence-electron chi connectivity index (χ0n) is 12.1. The molecule has 8 nitrogen and oxygen atoms in total. The van der Waals surface area contributed by atoms with Crippen LogP contribution in [0.15, 0.2) is 12.7 Å². The van der Waals surface area contributed by atoms with E-state index in [-0.39, 0.29) is 5.15 Å². The molecule has 2 aliphatic rings. The number of halogens is 2. The second-order valence-corrected chi connectivity index (χ2v) is 6.54. The monoisotopic (exact) mass is 358 g/mol. The average Bonchev–Trinajstić information content (AvgIpc) is 3.09. The van der Waals surface area contributed by atoms with Gasteiger partial charge in [0.1, 0.15) is 24.1 Å². The van der Waals surface area contributed by atoms with Crippen molar-refractivity contribution in [1.29, 1.82) is 0 Å². The first kappa shape index (κ1) is 15.2. The molecule has 2 fully saturated rings. The van der Waals surface area contributed by atoms with Gasteiger partial charge >= 0.3 is 0 Å². The number of ether oxygens (including phenoxy) is 3. The van der Waals surface area contributed by atoms with E-state index in [1.807, 2.05) is 0 Å². The second-order valence-electron chi connectivity index (χ2n) is 5.80. The van der Waals surface area contributed by atoms with Crippen molar-refractivity contribution in [2.24, 2.45) is 0 Å². The van der Waals surface area contributed by atoms with Crippen LogP contribution in [0.25, 0.3) is 11.2 Å². The molecule has 10 heteroatoms. The number of carbonyl (C=O) groups is 1. The third-order valence-corrected chi connectivity index (χ3v) is 4.33. The van der Waals surface area contributed by atoms with Gasteiger partial charge in [0, 0.05) is 0 Å². The van der Waals surface area contributed by atoms with Crippen LogP contribution in [0.3, 0.4) is 0 Å². The number of hydrogen-bond acceptors (Lipinski definition) is 7. The molecule has 4 rings (SSSR count). The van der Waals surface area contributed by atoms with Crippen molar-refractivity contribution in [3.05, 3.63) is 17.8 Å². The summed E-state index contributed by atoms with van der Waals surface area (Å²) in [4.78, 5) is 23.9. The standard InChI is InChI=1S/C13H12Cl2N4O4/c1-13(2)22-6-7(10(15)20)21-12(8(6)23-13)19-4-18-5-9(14)16-3-17-11(5)19/h3-4,6-8,12H,1-2H3/t6-,7+,8-,12-/m1/s1. The number of nitrogens with zero attached hydrogens (tertiary/aromatic N) is 4. The summed E-state index contributed by atoms with van der Waals surface area (Å²) in [5.74, 6) is -0.842. The molecule has 2 aromatic rings. The summed E-state index contributed by atoms with van der Waals surface area (Å²) in [5, 5.41) is -0.405. The highest BCUT2D eigenvalue weighted by Crippen LogP contribution is 2.44. The van der Waals surface area contributed by atoms with Crippen molar-refractivity contribution in [3.63, 3.8) is 0 Å².